The van der Waals surface area contributed by atoms with Gasteiger partial charge in [-0.3, -0.25) is 4.79 Å². The van der Waals surface area contributed by atoms with Gasteiger partial charge in [-0.25, -0.2) is 9.59 Å². The molecule has 7 heteroatoms. The standard InChI is InChI=1S/C13H23N3O4/c1-3-5-6-9(12(18)19)15-13(20)16-8-7-14-11(17)10(16)4-2/h9-10H,3-8H2,1-2H3,(H,14,17)(H,15,20)(H,18,19). The number of carboxylic acid groups (broad SMARTS) is 1. The maximum Gasteiger partial charge on any atom is 0.326 e. The maximum absolute atomic E-state index is 12.2. The summed E-state index contributed by atoms with van der Waals surface area (Å²) in [6.45, 7) is 4.58. The number of amides is 3. The van der Waals surface area contributed by atoms with Gasteiger partial charge in [0, 0.05) is 13.1 Å². The summed E-state index contributed by atoms with van der Waals surface area (Å²) in [7, 11) is 0. The van der Waals surface area contributed by atoms with Crippen LogP contribution in [0.1, 0.15) is 39.5 Å². The zero-order valence-corrected chi connectivity index (χ0v) is 12.0. The van der Waals surface area contributed by atoms with Gasteiger partial charge in [-0.05, 0) is 12.8 Å². The number of nitrogens with zero attached hydrogens (tertiary/aromatic N) is 1. The van der Waals surface area contributed by atoms with Gasteiger partial charge in [0.2, 0.25) is 5.91 Å². The molecule has 1 fully saturated rings. The van der Waals surface area contributed by atoms with E-state index in [0.717, 1.165) is 12.8 Å². The van der Waals surface area contributed by atoms with Crippen LogP contribution in [0.2, 0.25) is 0 Å². The lowest BCUT2D eigenvalue weighted by Crippen LogP contribution is -2.60. The Balaban J connectivity index is 2.66. The molecule has 0 aromatic heterocycles. The largest absolute Gasteiger partial charge is 0.480 e. The molecule has 7 nitrogen and oxygen atoms in total. The quantitative estimate of drug-likeness (QED) is 0.663. The van der Waals surface area contributed by atoms with Crippen molar-refractivity contribution in [2.24, 2.45) is 0 Å². The van der Waals surface area contributed by atoms with E-state index in [4.69, 9.17) is 5.11 Å². The van der Waals surface area contributed by atoms with Gasteiger partial charge in [0.15, 0.2) is 0 Å². The number of hydrogen-bond donors (Lipinski definition) is 3. The lowest BCUT2D eigenvalue weighted by molar-refractivity contribution is -0.139. The molecule has 0 aromatic carbocycles. The number of aliphatic carboxylic acids is 1. The molecule has 0 saturated carbocycles. The average Bonchev–Trinajstić information content (AvgIpc) is 2.42. The molecule has 0 spiro atoms. The minimum absolute atomic E-state index is 0.186. The number of hydrogen-bond acceptors (Lipinski definition) is 3. The number of urea groups is 1. The van der Waals surface area contributed by atoms with Gasteiger partial charge in [0.05, 0.1) is 0 Å². The Morgan fingerprint density at radius 3 is 2.75 bits per heavy atom. The van der Waals surface area contributed by atoms with Crippen molar-refractivity contribution in [2.75, 3.05) is 13.1 Å². The lowest BCUT2D eigenvalue weighted by Gasteiger charge is -2.35. The molecule has 0 bridgehead atoms. The number of piperazine rings is 1. The number of carbonyl (C=O) groups is 3. The lowest BCUT2D eigenvalue weighted by atomic mass is 10.1. The first-order chi connectivity index (χ1) is 9.51. The summed E-state index contributed by atoms with van der Waals surface area (Å²) in [5.41, 5.74) is 0. The minimum atomic E-state index is -1.04. The van der Waals surface area contributed by atoms with Crippen molar-refractivity contribution in [1.82, 2.24) is 15.5 Å². The molecule has 20 heavy (non-hydrogen) atoms. The van der Waals surface area contributed by atoms with Gasteiger partial charge < -0.3 is 20.6 Å². The maximum atomic E-state index is 12.2. The highest BCUT2D eigenvalue weighted by molar-refractivity contribution is 5.89. The molecule has 0 radical (unpaired) electrons. The van der Waals surface area contributed by atoms with Crippen molar-refractivity contribution in [3.8, 4) is 0 Å². The summed E-state index contributed by atoms with van der Waals surface area (Å²) in [4.78, 5) is 36.4. The van der Waals surface area contributed by atoms with E-state index in [1.54, 1.807) is 0 Å². The van der Waals surface area contributed by atoms with Gasteiger partial charge in [-0.2, -0.15) is 0 Å². The van der Waals surface area contributed by atoms with Crippen molar-refractivity contribution < 1.29 is 19.5 Å². The Kier molecular flexibility index (Phi) is 6.27. The molecule has 1 aliphatic heterocycles. The van der Waals surface area contributed by atoms with Crippen LogP contribution in [-0.2, 0) is 9.59 Å². The fourth-order valence-corrected chi connectivity index (χ4v) is 2.26. The topological polar surface area (TPSA) is 98.7 Å². The first-order valence-electron chi connectivity index (χ1n) is 7.08. The van der Waals surface area contributed by atoms with Crippen LogP contribution in [-0.4, -0.2) is 53.1 Å². The molecule has 1 saturated heterocycles. The fraction of sp³-hybridized carbons (Fsp3) is 0.769. The predicted molar refractivity (Wildman–Crippen MR) is 73.3 cm³/mol. The van der Waals surface area contributed by atoms with Crippen LogP contribution in [0.25, 0.3) is 0 Å². The van der Waals surface area contributed by atoms with E-state index in [0.29, 0.717) is 25.9 Å². The smallest absolute Gasteiger partial charge is 0.326 e. The molecule has 114 valence electrons. The van der Waals surface area contributed by atoms with Crippen LogP contribution in [0, 0.1) is 0 Å². The molecule has 1 aliphatic rings. The third-order valence-corrected chi connectivity index (χ3v) is 3.42. The third-order valence-electron chi connectivity index (χ3n) is 3.42. The molecular formula is C13H23N3O4. The third kappa shape index (κ3) is 4.11. The molecule has 0 aliphatic carbocycles. The molecule has 3 amide bonds. The summed E-state index contributed by atoms with van der Waals surface area (Å²) >= 11 is 0. The second kappa shape index (κ2) is 7.72. The number of nitrogens with one attached hydrogen (secondary N) is 2. The molecule has 3 N–H and O–H groups in total. The van der Waals surface area contributed by atoms with E-state index in [9.17, 15) is 14.4 Å². The van der Waals surface area contributed by atoms with Crippen LogP contribution in [0.5, 0.6) is 0 Å². The second-order valence-electron chi connectivity index (χ2n) is 4.89. The minimum Gasteiger partial charge on any atom is -0.480 e. The van der Waals surface area contributed by atoms with E-state index in [-0.39, 0.29) is 5.91 Å². The van der Waals surface area contributed by atoms with Crippen molar-refractivity contribution in [3.63, 3.8) is 0 Å². The van der Waals surface area contributed by atoms with E-state index >= 15 is 0 Å². The summed E-state index contributed by atoms with van der Waals surface area (Å²) in [5.74, 6) is -1.23. The van der Waals surface area contributed by atoms with E-state index in [2.05, 4.69) is 10.6 Å². The molecule has 0 aromatic rings. The number of rotatable bonds is 6. The van der Waals surface area contributed by atoms with Gasteiger partial charge in [0.25, 0.3) is 0 Å². The van der Waals surface area contributed by atoms with Crippen LogP contribution >= 0.6 is 0 Å². The van der Waals surface area contributed by atoms with E-state index < -0.39 is 24.1 Å². The monoisotopic (exact) mass is 285 g/mol. The number of carboxylic acids is 1. The van der Waals surface area contributed by atoms with Crippen LogP contribution in [0.3, 0.4) is 0 Å². The molecule has 2 atom stereocenters. The Morgan fingerprint density at radius 1 is 1.50 bits per heavy atom. The SMILES string of the molecule is CCCCC(NC(=O)N1CCNC(=O)C1CC)C(=O)O. The Labute approximate surface area is 118 Å². The Bertz CT molecular complexity index is 373. The first-order valence-corrected chi connectivity index (χ1v) is 7.08. The van der Waals surface area contributed by atoms with E-state index in [1.165, 1.54) is 4.90 Å². The summed E-state index contributed by atoms with van der Waals surface area (Å²) in [6.07, 6.45) is 2.50. The van der Waals surface area contributed by atoms with E-state index in [1.807, 2.05) is 13.8 Å². The highest BCUT2D eigenvalue weighted by Crippen LogP contribution is 2.10. The van der Waals surface area contributed by atoms with Crippen molar-refractivity contribution in [1.29, 1.82) is 0 Å². The fourth-order valence-electron chi connectivity index (χ4n) is 2.26. The second-order valence-corrected chi connectivity index (χ2v) is 4.89. The van der Waals surface area contributed by atoms with Crippen LogP contribution < -0.4 is 10.6 Å². The highest BCUT2D eigenvalue weighted by atomic mass is 16.4. The normalized spacial score (nSPS) is 20.2. The summed E-state index contributed by atoms with van der Waals surface area (Å²) in [6, 6.07) is -1.90. The van der Waals surface area contributed by atoms with Crippen molar-refractivity contribution in [3.05, 3.63) is 0 Å². The average molecular weight is 285 g/mol. The van der Waals surface area contributed by atoms with Gasteiger partial charge in [-0.15, -0.1) is 0 Å². The zero-order valence-electron chi connectivity index (χ0n) is 12.0. The Morgan fingerprint density at radius 2 is 2.20 bits per heavy atom. The van der Waals surface area contributed by atoms with Crippen molar-refractivity contribution in [2.45, 2.75) is 51.6 Å². The van der Waals surface area contributed by atoms with Crippen molar-refractivity contribution >= 4 is 17.9 Å². The molecule has 2 unspecified atom stereocenters. The van der Waals surface area contributed by atoms with Crippen LogP contribution in [0.4, 0.5) is 4.79 Å². The molecule has 1 heterocycles. The predicted octanol–water partition coefficient (Wildman–Crippen LogP) is 0.550. The van der Waals surface area contributed by atoms with Gasteiger partial charge >= 0.3 is 12.0 Å². The summed E-state index contributed by atoms with van der Waals surface area (Å²) < 4.78 is 0. The zero-order chi connectivity index (χ0) is 15.1. The number of carbonyl (C=O) groups excluding carboxylic acids is 2. The first kappa shape index (κ1) is 16.3. The number of unbranched alkanes of at least 4 members (excludes halogenated alkanes) is 1. The molecule has 1 rings (SSSR count). The highest BCUT2D eigenvalue weighted by Gasteiger charge is 2.33. The molecular weight excluding hydrogens is 262 g/mol. The Hall–Kier alpha value is -1.79. The summed E-state index contributed by atoms with van der Waals surface area (Å²) in [5, 5.41) is 14.3. The van der Waals surface area contributed by atoms with Gasteiger partial charge in [-0.1, -0.05) is 26.7 Å². The van der Waals surface area contributed by atoms with Gasteiger partial charge in [0.1, 0.15) is 12.1 Å². The van der Waals surface area contributed by atoms with Crippen LogP contribution in [0.15, 0.2) is 0 Å².